The van der Waals surface area contributed by atoms with Crippen molar-refractivity contribution in [1.29, 1.82) is 0 Å². The summed E-state index contributed by atoms with van der Waals surface area (Å²) < 4.78 is 36.3. The molecule has 0 aromatic heterocycles. The average molecular weight is 404 g/mol. The number of hydrogen-bond donors (Lipinski definition) is 1. The molecular weight excluding hydrogens is 380 g/mol. The zero-order chi connectivity index (χ0) is 20.1. The van der Waals surface area contributed by atoms with E-state index in [1.54, 1.807) is 18.2 Å². The highest BCUT2D eigenvalue weighted by molar-refractivity contribution is 7.92. The summed E-state index contributed by atoms with van der Waals surface area (Å²) in [7, 11) is -3.50. The van der Waals surface area contributed by atoms with E-state index in [9.17, 15) is 13.2 Å². The molecule has 0 atom stereocenters. The van der Waals surface area contributed by atoms with Crippen molar-refractivity contribution in [2.45, 2.75) is 26.2 Å². The lowest BCUT2D eigenvalue weighted by Gasteiger charge is -2.22. The Morgan fingerprint density at radius 2 is 1.89 bits per heavy atom. The van der Waals surface area contributed by atoms with Crippen LogP contribution in [0.25, 0.3) is 0 Å². The van der Waals surface area contributed by atoms with Gasteiger partial charge >= 0.3 is 0 Å². The number of nitrogens with zero attached hydrogens (tertiary/aromatic N) is 1. The number of carbonyl (C=O) groups excluding carboxylic acids is 1. The molecule has 1 aliphatic heterocycles. The molecule has 1 N–H and O–H groups in total. The van der Waals surface area contributed by atoms with Gasteiger partial charge in [-0.05, 0) is 36.6 Å². The summed E-state index contributed by atoms with van der Waals surface area (Å²) in [4.78, 5) is 12.3. The molecule has 0 bridgehead atoms. The minimum Gasteiger partial charge on any atom is -0.454 e. The monoisotopic (exact) mass is 404 g/mol. The second kappa shape index (κ2) is 8.52. The van der Waals surface area contributed by atoms with E-state index in [2.05, 4.69) is 5.32 Å². The molecule has 3 rings (SSSR count). The topological polar surface area (TPSA) is 84.9 Å². The number of ether oxygens (including phenoxy) is 2. The number of anilines is 2. The fourth-order valence-electron chi connectivity index (χ4n) is 3.07. The van der Waals surface area contributed by atoms with Crippen LogP contribution in [-0.4, -0.2) is 33.9 Å². The van der Waals surface area contributed by atoms with Gasteiger partial charge in [-0.25, -0.2) is 8.42 Å². The standard InChI is InChI=1S/C20H24N2O5S/c1-3-15-7-4-5-8-17(15)21-20(23)9-6-12-22(28(2,24)25)16-10-11-18-19(13-16)27-14-26-18/h4-5,7-8,10-11,13H,3,6,9,12,14H2,1-2H3,(H,21,23). The molecule has 0 spiro atoms. The minimum atomic E-state index is -3.50. The van der Waals surface area contributed by atoms with E-state index in [4.69, 9.17) is 9.47 Å². The van der Waals surface area contributed by atoms with E-state index in [-0.39, 0.29) is 25.7 Å². The molecule has 7 nitrogen and oxygen atoms in total. The van der Waals surface area contributed by atoms with Crippen LogP contribution < -0.4 is 19.1 Å². The summed E-state index contributed by atoms with van der Waals surface area (Å²) >= 11 is 0. The van der Waals surface area contributed by atoms with Gasteiger partial charge in [0.1, 0.15) is 0 Å². The van der Waals surface area contributed by atoms with E-state index >= 15 is 0 Å². The highest BCUT2D eigenvalue weighted by Gasteiger charge is 2.21. The van der Waals surface area contributed by atoms with Crippen LogP contribution in [0.3, 0.4) is 0 Å². The van der Waals surface area contributed by atoms with Gasteiger partial charge < -0.3 is 14.8 Å². The lowest BCUT2D eigenvalue weighted by atomic mass is 10.1. The first-order chi connectivity index (χ1) is 13.4. The van der Waals surface area contributed by atoms with Crippen molar-refractivity contribution < 1.29 is 22.7 Å². The van der Waals surface area contributed by atoms with Gasteiger partial charge in [-0.1, -0.05) is 25.1 Å². The van der Waals surface area contributed by atoms with Crippen LogP contribution in [0.1, 0.15) is 25.3 Å². The van der Waals surface area contributed by atoms with Gasteiger partial charge in [0.2, 0.25) is 22.7 Å². The van der Waals surface area contributed by atoms with Crippen molar-refractivity contribution in [2.75, 3.05) is 29.2 Å². The van der Waals surface area contributed by atoms with Gasteiger partial charge in [-0.2, -0.15) is 0 Å². The lowest BCUT2D eigenvalue weighted by Crippen LogP contribution is -2.31. The largest absolute Gasteiger partial charge is 0.454 e. The lowest BCUT2D eigenvalue weighted by molar-refractivity contribution is -0.116. The molecule has 8 heteroatoms. The number of sulfonamides is 1. The quantitative estimate of drug-likeness (QED) is 0.731. The summed E-state index contributed by atoms with van der Waals surface area (Å²) in [6.07, 6.45) is 2.58. The molecule has 2 aromatic carbocycles. The molecule has 28 heavy (non-hydrogen) atoms. The van der Waals surface area contributed by atoms with Crippen LogP contribution in [0, 0.1) is 0 Å². The molecule has 0 aliphatic carbocycles. The Bertz CT molecular complexity index is 959. The molecule has 0 saturated heterocycles. The van der Waals surface area contributed by atoms with Crippen LogP contribution in [0.15, 0.2) is 42.5 Å². The first kappa shape index (κ1) is 20.0. The van der Waals surface area contributed by atoms with Crippen molar-refractivity contribution in [3.05, 3.63) is 48.0 Å². The Kier molecular flexibility index (Phi) is 6.08. The molecule has 0 unspecified atom stereocenters. The maximum Gasteiger partial charge on any atom is 0.232 e. The maximum absolute atomic E-state index is 12.3. The van der Waals surface area contributed by atoms with Gasteiger partial charge in [-0.3, -0.25) is 9.10 Å². The maximum atomic E-state index is 12.3. The van der Waals surface area contributed by atoms with Gasteiger partial charge in [0, 0.05) is 24.7 Å². The second-order valence-corrected chi connectivity index (χ2v) is 8.44. The summed E-state index contributed by atoms with van der Waals surface area (Å²) in [5.41, 5.74) is 2.35. The predicted octanol–water partition coefficient (Wildman–Crippen LogP) is 3.16. The molecule has 150 valence electrons. The fourth-order valence-corrected chi connectivity index (χ4v) is 4.03. The number of para-hydroxylation sites is 1. The Hall–Kier alpha value is -2.74. The SMILES string of the molecule is CCc1ccccc1NC(=O)CCCN(c1ccc2c(c1)OCO2)S(C)(=O)=O. The number of aryl methyl sites for hydroxylation is 1. The number of nitrogens with one attached hydrogen (secondary N) is 1. The second-order valence-electron chi connectivity index (χ2n) is 6.54. The molecular formula is C20H24N2O5S. The van der Waals surface area contributed by atoms with E-state index in [0.29, 0.717) is 23.6 Å². The van der Waals surface area contributed by atoms with Gasteiger partial charge in [0.05, 0.1) is 11.9 Å². The summed E-state index contributed by atoms with van der Waals surface area (Å²) in [6.45, 7) is 2.35. The third kappa shape index (κ3) is 4.75. The van der Waals surface area contributed by atoms with Gasteiger partial charge in [-0.15, -0.1) is 0 Å². The van der Waals surface area contributed by atoms with E-state index in [0.717, 1.165) is 23.9 Å². The third-order valence-corrected chi connectivity index (χ3v) is 5.68. The number of amides is 1. The summed E-state index contributed by atoms with van der Waals surface area (Å²) in [6, 6.07) is 12.6. The molecule has 0 saturated carbocycles. The third-order valence-electron chi connectivity index (χ3n) is 4.48. The van der Waals surface area contributed by atoms with Gasteiger partial charge in [0.25, 0.3) is 0 Å². The van der Waals surface area contributed by atoms with Crippen molar-refractivity contribution >= 4 is 27.3 Å². The molecule has 2 aromatic rings. The van der Waals surface area contributed by atoms with Crippen molar-refractivity contribution in [3.63, 3.8) is 0 Å². The number of fused-ring (bicyclic) bond motifs is 1. The normalized spacial score (nSPS) is 12.6. The van der Waals surface area contributed by atoms with Crippen LogP contribution in [0.4, 0.5) is 11.4 Å². The Morgan fingerprint density at radius 1 is 1.14 bits per heavy atom. The van der Waals surface area contributed by atoms with Crippen LogP contribution >= 0.6 is 0 Å². The van der Waals surface area contributed by atoms with Crippen molar-refractivity contribution in [1.82, 2.24) is 0 Å². The van der Waals surface area contributed by atoms with Crippen LogP contribution in [0.5, 0.6) is 11.5 Å². The van der Waals surface area contributed by atoms with Crippen molar-refractivity contribution in [3.8, 4) is 11.5 Å². The highest BCUT2D eigenvalue weighted by Crippen LogP contribution is 2.36. The zero-order valence-corrected chi connectivity index (χ0v) is 16.8. The minimum absolute atomic E-state index is 0.122. The first-order valence-electron chi connectivity index (χ1n) is 9.13. The average Bonchev–Trinajstić information content (AvgIpc) is 3.12. The fraction of sp³-hybridized carbons (Fsp3) is 0.350. The van der Waals surface area contributed by atoms with E-state index in [1.807, 2.05) is 31.2 Å². The molecule has 0 fully saturated rings. The zero-order valence-electron chi connectivity index (χ0n) is 16.0. The first-order valence-corrected chi connectivity index (χ1v) is 11.0. The predicted molar refractivity (Wildman–Crippen MR) is 108 cm³/mol. The number of carbonyl (C=O) groups is 1. The summed E-state index contributed by atoms with van der Waals surface area (Å²) in [5, 5.41) is 2.90. The number of rotatable bonds is 8. The number of hydrogen-bond acceptors (Lipinski definition) is 5. The molecule has 1 aliphatic rings. The highest BCUT2D eigenvalue weighted by atomic mass is 32.2. The van der Waals surface area contributed by atoms with Crippen LogP contribution in [-0.2, 0) is 21.2 Å². The molecule has 1 amide bonds. The van der Waals surface area contributed by atoms with E-state index in [1.165, 1.54) is 4.31 Å². The van der Waals surface area contributed by atoms with Crippen molar-refractivity contribution in [2.24, 2.45) is 0 Å². The Balaban J connectivity index is 1.62. The molecule has 1 heterocycles. The Morgan fingerprint density at radius 3 is 2.64 bits per heavy atom. The number of benzene rings is 2. The smallest absolute Gasteiger partial charge is 0.232 e. The Labute approximate surface area is 165 Å². The van der Waals surface area contributed by atoms with Gasteiger partial charge in [0.15, 0.2) is 11.5 Å². The van der Waals surface area contributed by atoms with Crippen LogP contribution in [0.2, 0.25) is 0 Å². The molecule has 0 radical (unpaired) electrons. The summed E-state index contributed by atoms with van der Waals surface area (Å²) in [5.74, 6) is 0.964. The van der Waals surface area contributed by atoms with E-state index < -0.39 is 10.0 Å².